The van der Waals surface area contributed by atoms with Crippen LogP contribution in [0.1, 0.15) is 52.9 Å². The van der Waals surface area contributed by atoms with Gasteiger partial charge in [0.2, 0.25) is 0 Å². The lowest BCUT2D eigenvalue weighted by Crippen LogP contribution is -2.46. The molecule has 2 atom stereocenters. The molecule has 2 nitrogen and oxygen atoms in total. The van der Waals surface area contributed by atoms with Crippen LogP contribution in [-0.4, -0.2) is 37.6 Å². The van der Waals surface area contributed by atoms with Crippen LogP contribution in [0.5, 0.6) is 0 Å². The van der Waals surface area contributed by atoms with E-state index in [1.807, 2.05) is 0 Å². The summed E-state index contributed by atoms with van der Waals surface area (Å²) in [6.07, 6.45) is 7.10. The maximum absolute atomic E-state index is 3.47. The molecule has 0 aromatic rings. The zero-order chi connectivity index (χ0) is 13.2. The van der Waals surface area contributed by atoms with Crippen molar-refractivity contribution in [1.29, 1.82) is 0 Å². The standard InChI is InChI=1S/C16H32N2/c1-13-5-7-16(8-6-13,11-17-4)12-18-10-14(2)9-15(18)3/h13-15,17H,5-12H2,1-4H3. The van der Waals surface area contributed by atoms with Crippen LogP contribution in [0.2, 0.25) is 0 Å². The highest BCUT2D eigenvalue weighted by atomic mass is 15.2. The molecule has 2 heteroatoms. The highest BCUT2D eigenvalue weighted by Gasteiger charge is 2.38. The Kier molecular flexibility index (Phi) is 4.71. The number of rotatable bonds is 4. The summed E-state index contributed by atoms with van der Waals surface area (Å²) in [5, 5.41) is 3.47. The average Bonchev–Trinajstić information content (AvgIpc) is 2.62. The number of likely N-dealkylation sites (tertiary alicyclic amines) is 1. The van der Waals surface area contributed by atoms with Crippen LogP contribution in [0, 0.1) is 17.3 Å². The van der Waals surface area contributed by atoms with Crippen LogP contribution in [0.3, 0.4) is 0 Å². The molecule has 1 saturated carbocycles. The molecule has 1 N–H and O–H groups in total. The summed E-state index contributed by atoms with van der Waals surface area (Å²) in [5.74, 6) is 1.85. The molecule has 0 bridgehead atoms. The number of nitrogens with one attached hydrogen (secondary N) is 1. The van der Waals surface area contributed by atoms with Gasteiger partial charge in [0.1, 0.15) is 0 Å². The highest BCUT2D eigenvalue weighted by molar-refractivity contribution is 4.92. The zero-order valence-electron chi connectivity index (χ0n) is 12.8. The summed E-state index contributed by atoms with van der Waals surface area (Å²) in [6, 6.07) is 0.799. The van der Waals surface area contributed by atoms with Crippen molar-refractivity contribution in [2.75, 3.05) is 26.7 Å². The van der Waals surface area contributed by atoms with E-state index in [2.05, 4.69) is 38.0 Å². The lowest BCUT2D eigenvalue weighted by Gasteiger charge is -2.43. The molecule has 0 spiro atoms. The van der Waals surface area contributed by atoms with Crippen molar-refractivity contribution in [2.45, 2.75) is 58.9 Å². The summed E-state index contributed by atoms with van der Waals surface area (Å²) >= 11 is 0. The average molecular weight is 252 g/mol. The second-order valence-electron chi connectivity index (χ2n) is 7.33. The summed E-state index contributed by atoms with van der Waals surface area (Å²) in [5.41, 5.74) is 0.555. The molecule has 2 unspecified atom stereocenters. The SMILES string of the molecule is CNCC1(CN2CC(C)CC2C)CCC(C)CC1. The van der Waals surface area contributed by atoms with Crippen molar-refractivity contribution >= 4 is 0 Å². The molecule has 0 amide bonds. The van der Waals surface area contributed by atoms with Gasteiger partial charge in [-0.3, -0.25) is 4.90 Å². The fourth-order valence-electron chi connectivity index (χ4n) is 4.18. The largest absolute Gasteiger partial charge is 0.319 e. The molecule has 2 fully saturated rings. The van der Waals surface area contributed by atoms with E-state index in [1.165, 1.54) is 51.7 Å². The molecule has 0 radical (unpaired) electrons. The summed E-state index contributed by atoms with van der Waals surface area (Å²) in [7, 11) is 2.12. The molecule has 106 valence electrons. The van der Waals surface area contributed by atoms with Gasteiger partial charge < -0.3 is 5.32 Å². The normalized spacial score (nSPS) is 42.3. The number of hydrogen-bond acceptors (Lipinski definition) is 2. The Balaban J connectivity index is 1.97. The molecule has 18 heavy (non-hydrogen) atoms. The lowest BCUT2D eigenvalue weighted by molar-refractivity contribution is 0.0840. The first-order valence-corrected chi connectivity index (χ1v) is 7.93. The second kappa shape index (κ2) is 5.92. The van der Waals surface area contributed by atoms with E-state index in [0.717, 1.165) is 17.9 Å². The van der Waals surface area contributed by atoms with E-state index >= 15 is 0 Å². The molecule has 2 aliphatic rings. The first-order chi connectivity index (χ1) is 8.54. The Morgan fingerprint density at radius 1 is 1.11 bits per heavy atom. The van der Waals surface area contributed by atoms with Gasteiger partial charge in [-0.15, -0.1) is 0 Å². The molecule has 1 heterocycles. The van der Waals surface area contributed by atoms with Crippen molar-refractivity contribution < 1.29 is 0 Å². The fraction of sp³-hybridized carbons (Fsp3) is 1.00. The molecule has 2 rings (SSSR count). The summed E-state index contributed by atoms with van der Waals surface area (Å²) < 4.78 is 0. The minimum absolute atomic E-state index is 0.555. The van der Waals surface area contributed by atoms with Crippen LogP contribution in [0.4, 0.5) is 0 Å². The fourth-order valence-corrected chi connectivity index (χ4v) is 4.18. The first kappa shape index (κ1) is 14.3. The third-order valence-electron chi connectivity index (χ3n) is 5.34. The molecular weight excluding hydrogens is 220 g/mol. The Bertz CT molecular complexity index is 256. The zero-order valence-corrected chi connectivity index (χ0v) is 12.8. The molecule has 0 aromatic carbocycles. The van der Waals surface area contributed by atoms with Crippen molar-refractivity contribution in [2.24, 2.45) is 17.3 Å². The van der Waals surface area contributed by atoms with E-state index in [0.29, 0.717) is 5.41 Å². The lowest BCUT2D eigenvalue weighted by atomic mass is 9.70. The molecular formula is C16H32N2. The third kappa shape index (κ3) is 3.27. The van der Waals surface area contributed by atoms with Crippen molar-refractivity contribution in [3.8, 4) is 0 Å². The quantitative estimate of drug-likeness (QED) is 0.827. The smallest absolute Gasteiger partial charge is 0.00702 e. The van der Waals surface area contributed by atoms with Gasteiger partial charge in [-0.05, 0) is 50.5 Å². The Hall–Kier alpha value is -0.0800. The maximum atomic E-state index is 3.47. The van der Waals surface area contributed by atoms with E-state index in [-0.39, 0.29) is 0 Å². The van der Waals surface area contributed by atoms with Crippen molar-refractivity contribution in [3.63, 3.8) is 0 Å². The van der Waals surface area contributed by atoms with Gasteiger partial charge >= 0.3 is 0 Å². The predicted molar refractivity (Wildman–Crippen MR) is 78.8 cm³/mol. The molecule has 1 aliphatic carbocycles. The van der Waals surface area contributed by atoms with Crippen LogP contribution >= 0.6 is 0 Å². The van der Waals surface area contributed by atoms with Gasteiger partial charge in [0, 0.05) is 25.7 Å². The van der Waals surface area contributed by atoms with Crippen LogP contribution in [0.25, 0.3) is 0 Å². The second-order valence-corrected chi connectivity index (χ2v) is 7.33. The van der Waals surface area contributed by atoms with Gasteiger partial charge in [0.15, 0.2) is 0 Å². The molecule has 1 saturated heterocycles. The van der Waals surface area contributed by atoms with Crippen molar-refractivity contribution in [3.05, 3.63) is 0 Å². The minimum atomic E-state index is 0.555. The first-order valence-electron chi connectivity index (χ1n) is 7.93. The van der Waals surface area contributed by atoms with E-state index in [4.69, 9.17) is 0 Å². The van der Waals surface area contributed by atoms with Gasteiger partial charge in [-0.2, -0.15) is 0 Å². The highest BCUT2D eigenvalue weighted by Crippen LogP contribution is 2.40. The Morgan fingerprint density at radius 3 is 2.28 bits per heavy atom. The van der Waals surface area contributed by atoms with Gasteiger partial charge in [0.25, 0.3) is 0 Å². The summed E-state index contributed by atoms with van der Waals surface area (Å²) in [6.45, 7) is 11.1. The van der Waals surface area contributed by atoms with E-state index in [9.17, 15) is 0 Å². The van der Waals surface area contributed by atoms with Gasteiger partial charge in [-0.1, -0.05) is 26.7 Å². The van der Waals surface area contributed by atoms with Crippen molar-refractivity contribution in [1.82, 2.24) is 10.2 Å². The predicted octanol–water partition coefficient (Wildman–Crippen LogP) is 3.13. The molecule has 0 aromatic heterocycles. The maximum Gasteiger partial charge on any atom is 0.00702 e. The Morgan fingerprint density at radius 2 is 1.78 bits per heavy atom. The van der Waals surface area contributed by atoms with E-state index < -0.39 is 0 Å². The van der Waals surface area contributed by atoms with Gasteiger partial charge in [-0.25, -0.2) is 0 Å². The number of nitrogens with zero attached hydrogens (tertiary/aromatic N) is 1. The topological polar surface area (TPSA) is 15.3 Å². The van der Waals surface area contributed by atoms with Crippen LogP contribution in [-0.2, 0) is 0 Å². The van der Waals surface area contributed by atoms with Crippen LogP contribution < -0.4 is 5.32 Å². The minimum Gasteiger partial charge on any atom is -0.319 e. The monoisotopic (exact) mass is 252 g/mol. The third-order valence-corrected chi connectivity index (χ3v) is 5.34. The van der Waals surface area contributed by atoms with Gasteiger partial charge in [0.05, 0.1) is 0 Å². The Labute approximate surface area is 114 Å². The molecule has 1 aliphatic heterocycles. The van der Waals surface area contributed by atoms with Crippen LogP contribution in [0.15, 0.2) is 0 Å². The van der Waals surface area contributed by atoms with E-state index in [1.54, 1.807) is 0 Å². The number of hydrogen-bond donors (Lipinski definition) is 1. The summed E-state index contributed by atoms with van der Waals surface area (Å²) in [4.78, 5) is 2.76.